The number of nitrogens with zero attached hydrogens (tertiary/aromatic N) is 1. The van der Waals surface area contributed by atoms with Gasteiger partial charge in [0.15, 0.2) is 0 Å². The van der Waals surface area contributed by atoms with Gasteiger partial charge in [-0.25, -0.2) is 4.98 Å². The van der Waals surface area contributed by atoms with Crippen LogP contribution in [0.25, 0.3) is 22.4 Å². The Labute approximate surface area is 110 Å². The van der Waals surface area contributed by atoms with Crippen molar-refractivity contribution in [2.75, 3.05) is 0 Å². The number of imidazole rings is 1. The van der Waals surface area contributed by atoms with Crippen LogP contribution in [0.4, 0.5) is 0 Å². The van der Waals surface area contributed by atoms with Crippen molar-refractivity contribution >= 4 is 11.0 Å². The first-order valence-electron chi connectivity index (χ1n) is 6.03. The highest BCUT2D eigenvalue weighted by Gasteiger charge is 2.09. The SMILES string of the molecule is Cc1cc(C)c2nc(-c3cc(O)cc(O)c3)[nH]c2c1. The maximum Gasteiger partial charge on any atom is 0.138 e. The Hall–Kier alpha value is -2.49. The number of rotatable bonds is 1. The zero-order valence-corrected chi connectivity index (χ0v) is 10.7. The van der Waals surface area contributed by atoms with Gasteiger partial charge in [-0.2, -0.15) is 0 Å². The van der Waals surface area contributed by atoms with Crippen molar-refractivity contribution in [3.8, 4) is 22.9 Å². The van der Waals surface area contributed by atoms with Gasteiger partial charge < -0.3 is 15.2 Å². The molecular formula is C15H14N2O2. The van der Waals surface area contributed by atoms with E-state index in [1.807, 2.05) is 19.9 Å². The normalized spacial score (nSPS) is 11.1. The molecule has 0 radical (unpaired) electrons. The molecule has 0 spiro atoms. The Balaban J connectivity index is 2.23. The van der Waals surface area contributed by atoms with Gasteiger partial charge in [0, 0.05) is 11.6 Å². The van der Waals surface area contributed by atoms with E-state index in [4.69, 9.17) is 0 Å². The van der Waals surface area contributed by atoms with Crippen LogP contribution in [0.2, 0.25) is 0 Å². The minimum absolute atomic E-state index is 0.0170. The molecule has 0 aliphatic heterocycles. The second-order valence-corrected chi connectivity index (χ2v) is 4.80. The van der Waals surface area contributed by atoms with Gasteiger partial charge in [-0.15, -0.1) is 0 Å². The summed E-state index contributed by atoms with van der Waals surface area (Å²) in [6.07, 6.45) is 0. The van der Waals surface area contributed by atoms with E-state index < -0.39 is 0 Å². The summed E-state index contributed by atoms with van der Waals surface area (Å²) in [4.78, 5) is 7.74. The monoisotopic (exact) mass is 254 g/mol. The van der Waals surface area contributed by atoms with Crippen molar-refractivity contribution < 1.29 is 10.2 Å². The second-order valence-electron chi connectivity index (χ2n) is 4.80. The van der Waals surface area contributed by atoms with E-state index in [0.717, 1.165) is 16.6 Å². The first kappa shape index (κ1) is 11.6. The highest BCUT2D eigenvalue weighted by Crippen LogP contribution is 2.29. The summed E-state index contributed by atoms with van der Waals surface area (Å²) in [6, 6.07) is 8.54. The fourth-order valence-corrected chi connectivity index (χ4v) is 2.34. The van der Waals surface area contributed by atoms with E-state index in [2.05, 4.69) is 16.0 Å². The third-order valence-electron chi connectivity index (χ3n) is 3.10. The molecule has 2 aromatic carbocycles. The van der Waals surface area contributed by atoms with Gasteiger partial charge in [0.2, 0.25) is 0 Å². The molecule has 4 heteroatoms. The number of benzene rings is 2. The van der Waals surface area contributed by atoms with Crippen LogP contribution in [0.1, 0.15) is 11.1 Å². The minimum Gasteiger partial charge on any atom is -0.508 e. The standard InChI is InChI=1S/C15H14N2O2/c1-8-3-9(2)14-13(4-8)16-15(17-14)10-5-11(18)7-12(19)6-10/h3-7,18-19H,1-2H3,(H,16,17). The van der Waals surface area contributed by atoms with Crippen molar-refractivity contribution in [1.29, 1.82) is 0 Å². The highest BCUT2D eigenvalue weighted by molar-refractivity contribution is 5.83. The summed E-state index contributed by atoms with van der Waals surface area (Å²) in [6.45, 7) is 4.05. The van der Waals surface area contributed by atoms with Gasteiger partial charge in [0.05, 0.1) is 11.0 Å². The average molecular weight is 254 g/mol. The Morgan fingerprint density at radius 2 is 1.63 bits per heavy atom. The lowest BCUT2D eigenvalue weighted by Gasteiger charge is -1.99. The first-order valence-corrected chi connectivity index (χ1v) is 6.03. The van der Waals surface area contributed by atoms with Crippen LogP contribution in [-0.4, -0.2) is 20.2 Å². The van der Waals surface area contributed by atoms with Gasteiger partial charge >= 0.3 is 0 Å². The molecule has 0 saturated carbocycles. The summed E-state index contributed by atoms with van der Waals surface area (Å²) < 4.78 is 0. The molecule has 0 aliphatic rings. The maximum absolute atomic E-state index is 9.53. The summed E-state index contributed by atoms with van der Waals surface area (Å²) in [5.41, 5.74) is 4.78. The Morgan fingerprint density at radius 3 is 2.32 bits per heavy atom. The third-order valence-corrected chi connectivity index (χ3v) is 3.10. The number of fused-ring (bicyclic) bond motifs is 1. The van der Waals surface area contributed by atoms with Crippen LogP contribution in [0.15, 0.2) is 30.3 Å². The summed E-state index contributed by atoms with van der Waals surface area (Å²) in [5.74, 6) is 0.668. The number of hydrogen-bond acceptors (Lipinski definition) is 3. The molecule has 3 N–H and O–H groups in total. The van der Waals surface area contributed by atoms with Crippen LogP contribution < -0.4 is 0 Å². The summed E-state index contributed by atoms with van der Waals surface area (Å²) in [7, 11) is 0. The number of aryl methyl sites for hydroxylation is 2. The number of hydrogen-bond donors (Lipinski definition) is 3. The van der Waals surface area contributed by atoms with Gasteiger partial charge in [-0.3, -0.25) is 0 Å². The molecule has 0 amide bonds. The van der Waals surface area contributed by atoms with Crippen molar-refractivity contribution in [3.63, 3.8) is 0 Å². The molecule has 3 aromatic rings. The van der Waals surface area contributed by atoms with Crippen LogP contribution in [0, 0.1) is 13.8 Å². The number of phenols is 2. The van der Waals surface area contributed by atoms with E-state index >= 15 is 0 Å². The number of nitrogens with one attached hydrogen (secondary N) is 1. The minimum atomic E-state index is 0.0170. The molecule has 0 unspecified atom stereocenters. The molecule has 0 saturated heterocycles. The maximum atomic E-state index is 9.53. The second kappa shape index (κ2) is 4.02. The van der Waals surface area contributed by atoms with Gasteiger partial charge in [0.25, 0.3) is 0 Å². The predicted octanol–water partition coefficient (Wildman–Crippen LogP) is 3.26. The van der Waals surface area contributed by atoms with Gasteiger partial charge in [-0.1, -0.05) is 6.07 Å². The van der Waals surface area contributed by atoms with Crippen LogP contribution in [0.5, 0.6) is 11.5 Å². The average Bonchev–Trinajstić information content (AvgIpc) is 2.71. The van der Waals surface area contributed by atoms with E-state index in [1.54, 1.807) is 12.1 Å². The Bertz CT molecular complexity index is 755. The molecule has 96 valence electrons. The van der Waals surface area contributed by atoms with Crippen molar-refractivity contribution in [2.24, 2.45) is 0 Å². The molecule has 4 nitrogen and oxygen atoms in total. The largest absolute Gasteiger partial charge is 0.508 e. The lowest BCUT2D eigenvalue weighted by molar-refractivity contribution is 0.451. The quantitative estimate of drug-likeness (QED) is 0.624. The fourth-order valence-electron chi connectivity index (χ4n) is 2.34. The smallest absolute Gasteiger partial charge is 0.138 e. The molecule has 1 heterocycles. The van der Waals surface area contributed by atoms with Crippen LogP contribution in [-0.2, 0) is 0 Å². The summed E-state index contributed by atoms with van der Waals surface area (Å²) in [5, 5.41) is 19.1. The number of aromatic amines is 1. The lowest BCUT2D eigenvalue weighted by atomic mass is 10.1. The third kappa shape index (κ3) is 2.01. The van der Waals surface area contributed by atoms with E-state index in [1.165, 1.54) is 11.6 Å². The fraction of sp³-hybridized carbons (Fsp3) is 0.133. The van der Waals surface area contributed by atoms with Crippen molar-refractivity contribution in [3.05, 3.63) is 41.5 Å². The van der Waals surface area contributed by atoms with E-state index in [-0.39, 0.29) is 11.5 Å². The topological polar surface area (TPSA) is 69.1 Å². The molecule has 0 bridgehead atoms. The highest BCUT2D eigenvalue weighted by atomic mass is 16.3. The Kier molecular flexibility index (Phi) is 2.45. The van der Waals surface area contributed by atoms with E-state index in [9.17, 15) is 10.2 Å². The van der Waals surface area contributed by atoms with Crippen molar-refractivity contribution in [1.82, 2.24) is 9.97 Å². The van der Waals surface area contributed by atoms with Crippen LogP contribution in [0.3, 0.4) is 0 Å². The molecule has 19 heavy (non-hydrogen) atoms. The van der Waals surface area contributed by atoms with Gasteiger partial charge in [0.1, 0.15) is 17.3 Å². The predicted molar refractivity (Wildman–Crippen MR) is 74.3 cm³/mol. The zero-order chi connectivity index (χ0) is 13.6. The molecule has 3 rings (SSSR count). The molecular weight excluding hydrogens is 240 g/mol. The first-order chi connectivity index (χ1) is 9.02. The molecule has 0 fully saturated rings. The number of aromatic nitrogens is 2. The number of H-pyrrole nitrogens is 1. The summed E-state index contributed by atoms with van der Waals surface area (Å²) >= 11 is 0. The van der Waals surface area contributed by atoms with E-state index in [0.29, 0.717) is 11.4 Å². The molecule has 1 aromatic heterocycles. The van der Waals surface area contributed by atoms with Crippen LogP contribution >= 0.6 is 0 Å². The van der Waals surface area contributed by atoms with Gasteiger partial charge in [-0.05, 0) is 43.2 Å². The Morgan fingerprint density at radius 1 is 0.947 bits per heavy atom. The molecule has 0 atom stereocenters. The number of phenolic OH excluding ortho intramolecular Hbond substituents is 2. The van der Waals surface area contributed by atoms with Crippen molar-refractivity contribution in [2.45, 2.75) is 13.8 Å². The molecule has 0 aliphatic carbocycles. The zero-order valence-electron chi connectivity index (χ0n) is 10.7. The lowest BCUT2D eigenvalue weighted by Crippen LogP contribution is -1.80. The number of aromatic hydroxyl groups is 2.